The predicted molar refractivity (Wildman–Crippen MR) is 87.6 cm³/mol. The minimum Gasteiger partial charge on any atom is -0.480 e. The molecular weight excluding hydrogens is 316 g/mol. The van der Waals surface area contributed by atoms with Crippen molar-refractivity contribution in [1.82, 2.24) is 9.21 Å². The molecule has 1 N–H and O–H groups in total. The summed E-state index contributed by atoms with van der Waals surface area (Å²) >= 11 is 0. The Bertz CT molecular complexity index is 639. The lowest BCUT2D eigenvalue weighted by Gasteiger charge is -2.21. The molecule has 7 heteroatoms. The molecule has 1 fully saturated rings. The van der Waals surface area contributed by atoms with E-state index in [0.717, 1.165) is 18.5 Å². The summed E-state index contributed by atoms with van der Waals surface area (Å²) in [4.78, 5) is 13.4. The number of carbonyl (C=O) groups is 1. The number of rotatable bonds is 7. The van der Waals surface area contributed by atoms with Gasteiger partial charge in [-0.2, -0.15) is 4.31 Å². The molecule has 0 aliphatic carbocycles. The van der Waals surface area contributed by atoms with Gasteiger partial charge in [0.2, 0.25) is 10.0 Å². The summed E-state index contributed by atoms with van der Waals surface area (Å²) in [6.45, 7) is 5.80. The third kappa shape index (κ3) is 3.91. The Morgan fingerprint density at radius 1 is 1.26 bits per heavy atom. The molecule has 1 aliphatic rings. The highest BCUT2D eigenvalue weighted by Gasteiger charge is 2.30. The van der Waals surface area contributed by atoms with Crippen LogP contribution in [0.5, 0.6) is 0 Å². The molecule has 0 radical (unpaired) electrons. The quantitative estimate of drug-likeness (QED) is 0.818. The van der Waals surface area contributed by atoms with Crippen LogP contribution in [0.25, 0.3) is 0 Å². The van der Waals surface area contributed by atoms with Crippen LogP contribution in [0, 0.1) is 0 Å². The van der Waals surface area contributed by atoms with E-state index < -0.39 is 22.0 Å². The monoisotopic (exact) mass is 340 g/mol. The van der Waals surface area contributed by atoms with Gasteiger partial charge in [-0.1, -0.05) is 26.0 Å². The maximum Gasteiger partial charge on any atom is 0.320 e. The van der Waals surface area contributed by atoms with E-state index in [4.69, 9.17) is 0 Å². The Labute approximate surface area is 137 Å². The molecule has 0 spiro atoms. The Hall–Kier alpha value is -1.44. The average Bonchev–Trinajstić information content (AvgIpc) is 2.97. The van der Waals surface area contributed by atoms with E-state index in [0.29, 0.717) is 26.1 Å². The maximum atomic E-state index is 12.4. The van der Waals surface area contributed by atoms with Crippen LogP contribution in [0.1, 0.15) is 32.3 Å². The van der Waals surface area contributed by atoms with Crippen LogP contribution >= 0.6 is 0 Å². The summed E-state index contributed by atoms with van der Waals surface area (Å²) in [7, 11) is -3.44. The molecule has 0 bridgehead atoms. The number of hydrogen-bond acceptors (Lipinski definition) is 4. The van der Waals surface area contributed by atoms with Crippen LogP contribution in [0.3, 0.4) is 0 Å². The minimum absolute atomic E-state index is 0.279. The fraction of sp³-hybridized carbons (Fsp3) is 0.562. The molecule has 128 valence electrons. The molecular formula is C16H24N2O4S. The highest BCUT2D eigenvalue weighted by atomic mass is 32.2. The van der Waals surface area contributed by atoms with Gasteiger partial charge in [0.15, 0.2) is 0 Å². The normalized spacial score (nSPS) is 19.3. The predicted octanol–water partition coefficient (Wildman–Crippen LogP) is 1.77. The summed E-state index contributed by atoms with van der Waals surface area (Å²) in [5.74, 6) is -0.789. The maximum absolute atomic E-state index is 12.4. The first kappa shape index (κ1) is 17.9. The van der Waals surface area contributed by atoms with Gasteiger partial charge in [-0.15, -0.1) is 0 Å². The molecule has 0 amide bonds. The van der Waals surface area contributed by atoms with Gasteiger partial charge < -0.3 is 5.11 Å². The first-order chi connectivity index (χ1) is 10.9. The molecule has 1 unspecified atom stereocenters. The third-order valence-electron chi connectivity index (χ3n) is 4.30. The Morgan fingerprint density at radius 3 is 2.39 bits per heavy atom. The second-order valence-electron chi connectivity index (χ2n) is 5.70. The molecule has 1 heterocycles. The smallest absolute Gasteiger partial charge is 0.320 e. The van der Waals surface area contributed by atoms with Crippen molar-refractivity contribution in [1.29, 1.82) is 0 Å². The highest BCUT2D eigenvalue weighted by molar-refractivity contribution is 7.89. The van der Waals surface area contributed by atoms with Crippen LogP contribution in [0.15, 0.2) is 29.2 Å². The van der Waals surface area contributed by atoms with Gasteiger partial charge in [0.25, 0.3) is 0 Å². The van der Waals surface area contributed by atoms with E-state index in [-0.39, 0.29) is 4.90 Å². The van der Waals surface area contributed by atoms with Crippen molar-refractivity contribution < 1.29 is 18.3 Å². The Morgan fingerprint density at radius 2 is 1.87 bits per heavy atom. The second kappa shape index (κ2) is 7.42. The van der Waals surface area contributed by atoms with Gasteiger partial charge in [-0.25, -0.2) is 8.42 Å². The lowest BCUT2D eigenvalue weighted by Crippen LogP contribution is -2.35. The van der Waals surface area contributed by atoms with Crippen LogP contribution in [-0.2, 0) is 21.4 Å². The lowest BCUT2D eigenvalue weighted by atomic mass is 10.2. The second-order valence-corrected chi connectivity index (χ2v) is 7.64. The summed E-state index contributed by atoms with van der Waals surface area (Å²) in [6, 6.07) is 6.32. The number of benzene rings is 1. The zero-order valence-electron chi connectivity index (χ0n) is 13.6. The number of aliphatic carboxylic acids is 1. The van der Waals surface area contributed by atoms with E-state index in [1.54, 1.807) is 24.3 Å². The standard InChI is InChI=1S/C16H24N2O4S/c1-3-18(4-2)23(21,22)14-9-7-13(8-10-14)12-17-11-5-6-15(17)16(19)20/h7-10,15H,3-6,11-12H2,1-2H3,(H,19,20). The third-order valence-corrected chi connectivity index (χ3v) is 6.37. The van der Waals surface area contributed by atoms with Crippen molar-refractivity contribution in [3.05, 3.63) is 29.8 Å². The first-order valence-corrected chi connectivity index (χ1v) is 9.40. The van der Waals surface area contributed by atoms with Crippen molar-refractivity contribution >= 4 is 16.0 Å². The number of sulfonamides is 1. The summed E-state index contributed by atoms with van der Waals surface area (Å²) in [6.07, 6.45) is 1.55. The number of nitrogens with zero attached hydrogens (tertiary/aromatic N) is 2. The summed E-state index contributed by atoms with van der Waals surface area (Å²) in [5.41, 5.74) is 0.927. The van der Waals surface area contributed by atoms with Gasteiger partial charge in [0, 0.05) is 19.6 Å². The van der Waals surface area contributed by atoms with Gasteiger partial charge >= 0.3 is 5.97 Å². The molecule has 23 heavy (non-hydrogen) atoms. The van der Waals surface area contributed by atoms with Crippen molar-refractivity contribution in [3.63, 3.8) is 0 Å². The Kier molecular flexibility index (Phi) is 5.78. The van der Waals surface area contributed by atoms with E-state index in [9.17, 15) is 18.3 Å². The first-order valence-electron chi connectivity index (χ1n) is 7.96. The van der Waals surface area contributed by atoms with Crippen molar-refractivity contribution in [2.24, 2.45) is 0 Å². The minimum atomic E-state index is -3.44. The van der Waals surface area contributed by atoms with Crippen molar-refractivity contribution in [2.45, 2.75) is 44.2 Å². The Balaban J connectivity index is 2.12. The molecule has 6 nitrogen and oxygen atoms in total. The van der Waals surface area contributed by atoms with Gasteiger partial charge in [0.1, 0.15) is 6.04 Å². The van der Waals surface area contributed by atoms with E-state index in [1.165, 1.54) is 4.31 Å². The van der Waals surface area contributed by atoms with Crippen molar-refractivity contribution in [3.8, 4) is 0 Å². The average molecular weight is 340 g/mol. The van der Waals surface area contributed by atoms with Crippen LogP contribution in [0.2, 0.25) is 0 Å². The molecule has 1 aliphatic heterocycles. The summed E-state index contributed by atoms with van der Waals surface area (Å²) < 4.78 is 26.3. The molecule has 1 aromatic carbocycles. The van der Waals surface area contributed by atoms with Crippen LogP contribution in [0.4, 0.5) is 0 Å². The van der Waals surface area contributed by atoms with E-state index >= 15 is 0 Å². The van der Waals surface area contributed by atoms with Gasteiger partial charge in [-0.05, 0) is 37.1 Å². The largest absolute Gasteiger partial charge is 0.480 e. The van der Waals surface area contributed by atoms with Crippen LogP contribution in [-0.4, -0.2) is 54.4 Å². The van der Waals surface area contributed by atoms with Gasteiger partial charge in [-0.3, -0.25) is 9.69 Å². The molecule has 1 aromatic rings. The topological polar surface area (TPSA) is 77.9 Å². The summed E-state index contributed by atoms with van der Waals surface area (Å²) in [5, 5.41) is 9.20. The van der Waals surface area contributed by atoms with Crippen molar-refractivity contribution in [2.75, 3.05) is 19.6 Å². The number of carboxylic acid groups (broad SMARTS) is 1. The molecule has 0 aromatic heterocycles. The lowest BCUT2D eigenvalue weighted by molar-refractivity contribution is -0.142. The fourth-order valence-electron chi connectivity index (χ4n) is 3.01. The van der Waals surface area contributed by atoms with Gasteiger partial charge in [0.05, 0.1) is 4.90 Å². The fourth-order valence-corrected chi connectivity index (χ4v) is 4.47. The molecule has 0 saturated carbocycles. The SMILES string of the molecule is CCN(CC)S(=O)(=O)c1ccc(CN2CCCC2C(=O)O)cc1. The number of carboxylic acids is 1. The molecule has 1 saturated heterocycles. The highest BCUT2D eigenvalue weighted by Crippen LogP contribution is 2.22. The van der Waals surface area contributed by atoms with E-state index in [2.05, 4.69) is 0 Å². The molecule has 1 atom stereocenters. The van der Waals surface area contributed by atoms with E-state index in [1.807, 2.05) is 18.7 Å². The number of hydrogen-bond donors (Lipinski definition) is 1. The molecule has 2 rings (SSSR count). The number of likely N-dealkylation sites (tertiary alicyclic amines) is 1. The zero-order valence-corrected chi connectivity index (χ0v) is 14.4. The zero-order chi connectivity index (χ0) is 17.0. The van der Waals surface area contributed by atoms with Crippen LogP contribution < -0.4 is 0 Å².